The van der Waals surface area contributed by atoms with Crippen LogP contribution >= 0.6 is 0 Å². The number of ether oxygens (including phenoxy) is 1. The third-order valence-electron chi connectivity index (χ3n) is 2.33. The van der Waals surface area contributed by atoms with Gasteiger partial charge in [-0.2, -0.15) is 13.2 Å². The van der Waals surface area contributed by atoms with Crippen LogP contribution in [-0.4, -0.2) is 30.5 Å². The number of hydrogen-bond acceptors (Lipinski definition) is 2. The highest BCUT2D eigenvalue weighted by molar-refractivity contribution is 5.09. The maximum atomic E-state index is 11.8. The molecule has 1 aromatic rings. The molecule has 0 aliphatic carbocycles. The zero-order chi connectivity index (χ0) is 13.4. The number of nitrogens with zero attached hydrogens (tertiary/aromatic N) is 1. The fourth-order valence-electron chi connectivity index (χ4n) is 1.50. The van der Waals surface area contributed by atoms with Gasteiger partial charge < -0.3 is 14.6 Å². The van der Waals surface area contributed by atoms with Gasteiger partial charge in [-0.3, -0.25) is 0 Å². The van der Waals surface area contributed by atoms with Gasteiger partial charge in [0.05, 0.1) is 6.61 Å². The zero-order valence-electron chi connectivity index (χ0n) is 10.5. The molecule has 1 aromatic heterocycles. The van der Waals surface area contributed by atoms with E-state index in [-0.39, 0.29) is 6.61 Å². The van der Waals surface area contributed by atoms with Crippen LogP contribution in [0.2, 0.25) is 0 Å². The Kier molecular flexibility index (Phi) is 6.21. The molecule has 0 saturated heterocycles. The van der Waals surface area contributed by atoms with E-state index in [1.54, 1.807) is 0 Å². The van der Waals surface area contributed by atoms with Crippen LogP contribution in [0.15, 0.2) is 18.5 Å². The van der Waals surface area contributed by atoms with Gasteiger partial charge in [0, 0.05) is 25.5 Å². The summed E-state index contributed by atoms with van der Waals surface area (Å²) in [5, 5.41) is 3.26. The summed E-state index contributed by atoms with van der Waals surface area (Å²) in [7, 11) is 0. The van der Waals surface area contributed by atoms with Crippen molar-refractivity contribution in [1.29, 1.82) is 0 Å². The number of rotatable bonds is 8. The van der Waals surface area contributed by atoms with Crippen molar-refractivity contribution in [2.75, 3.05) is 19.8 Å². The summed E-state index contributed by atoms with van der Waals surface area (Å²) in [4.78, 5) is 0. The van der Waals surface area contributed by atoms with E-state index in [1.807, 2.05) is 23.0 Å². The Labute approximate surface area is 105 Å². The Morgan fingerprint density at radius 3 is 2.83 bits per heavy atom. The van der Waals surface area contributed by atoms with Crippen molar-refractivity contribution in [3.8, 4) is 0 Å². The molecular formula is C12H19F3N2O. The molecule has 1 N–H and O–H groups in total. The van der Waals surface area contributed by atoms with Crippen molar-refractivity contribution in [1.82, 2.24) is 9.88 Å². The molecule has 3 nitrogen and oxygen atoms in total. The first-order valence-corrected chi connectivity index (χ1v) is 6.01. The molecule has 0 atom stereocenters. The first-order chi connectivity index (χ1) is 8.51. The van der Waals surface area contributed by atoms with E-state index >= 15 is 0 Å². The van der Waals surface area contributed by atoms with Crippen molar-refractivity contribution in [2.24, 2.45) is 0 Å². The smallest absolute Gasteiger partial charge is 0.370 e. The normalized spacial score (nSPS) is 12.0. The summed E-state index contributed by atoms with van der Waals surface area (Å²) in [5.74, 6) is 0. The molecular weight excluding hydrogens is 245 g/mol. The second kappa shape index (κ2) is 7.43. The second-order valence-corrected chi connectivity index (χ2v) is 4.10. The molecule has 0 aliphatic rings. The van der Waals surface area contributed by atoms with Gasteiger partial charge in [0.1, 0.15) is 6.61 Å². The lowest BCUT2D eigenvalue weighted by atomic mass is 10.3. The summed E-state index contributed by atoms with van der Waals surface area (Å²) >= 11 is 0. The molecule has 0 radical (unpaired) electrons. The van der Waals surface area contributed by atoms with Crippen LogP contribution in [0.1, 0.15) is 18.9 Å². The second-order valence-electron chi connectivity index (χ2n) is 4.10. The van der Waals surface area contributed by atoms with Gasteiger partial charge in [0.15, 0.2) is 0 Å². The molecule has 0 spiro atoms. The van der Waals surface area contributed by atoms with Gasteiger partial charge in [-0.1, -0.05) is 6.92 Å². The molecule has 6 heteroatoms. The molecule has 0 bridgehead atoms. The maximum Gasteiger partial charge on any atom is 0.411 e. The van der Waals surface area contributed by atoms with Crippen molar-refractivity contribution in [3.63, 3.8) is 0 Å². The lowest BCUT2D eigenvalue weighted by Gasteiger charge is -2.08. The molecule has 1 rings (SSSR count). The summed E-state index contributed by atoms with van der Waals surface area (Å²) in [6, 6.07) is 1.95. The first kappa shape index (κ1) is 15.0. The van der Waals surface area contributed by atoms with Crippen molar-refractivity contribution in [3.05, 3.63) is 24.0 Å². The maximum absolute atomic E-state index is 11.8. The van der Waals surface area contributed by atoms with Crippen LogP contribution in [0.5, 0.6) is 0 Å². The number of alkyl halides is 3. The first-order valence-electron chi connectivity index (χ1n) is 6.01. The van der Waals surface area contributed by atoms with E-state index < -0.39 is 12.8 Å². The topological polar surface area (TPSA) is 26.2 Å². The van der Waals surface area contributed by atoms with Gasteiger partial charge in [0.25, 0.3) is 0 Å². The van der Waals surface area contributed by atoms with Gasteiger partial charge in [-0.05, 0) is 24.6 Å². The minimum atomic E-state index is -4.24. The highest BCUT2D eigenvalue weighted by atomic mass is 19.4. The Hall–Kier alpha value is -1.01. The SMILES string of the molecule is CCCNCc1ccn(CCOCC(F)(F)F)c1. The Morgan fingerprint density at radius 2 is 2.17 bits per heavy atom. The monoisotopic (exact) mass is 264 g/mol. The third-order valence-corrected chi connectivity index (χ3v) is 2.33. The molecule has 1 heterocycles. The average Bonchev–Trinajstić information content (AvgIpc) is 2.72. The standard InChI is InChI=1S/C12H19F3N2O/c1-2-4-16-8-11-3-5-17(9-11)6-7-18-10-12(13,14)15/h3,5,9,16H,2,4,6-8,10H2,1H3. The van der Waals surface area contributed by atoms with Gasteiger partial charge in [-0.15, -0.1) is 0 Å². The van der Waals surface area contributed by atoms with E-state index in [2.05, 4.69) is 17.0 Å². The van der Waals surface area contributed by atoms with Crippen LogP contribution in [0.3, 0.4) is 0 Å². The van der Waals surface area contributed by atoms with Crippen LogP contribution in [-0.2, 0) is 17.8 Å². The van der Waals surface area contributed by atoms with Gasteiger partial charge in [0.2, 0.25) is 0 Å². The van der Waals surface area contributed by atoms with E-state index in [0.29, 0.717) is 6.54 Å². The molecule has 0 aliphatic heterocycles. The predicted molar refractivity (Wildman–Crippen MR) is 63.3 cm³/mol. The summed E-state index contributed by atoms with van der Waals surface area (Å²) in [6.07, 6.45) is 0.595. The summed E-state index contributed by atoms with van der Waals surface area (Å²) in [5.41, 5.74) is 1.12. The molecule has 104 valence electrons. The minimum absolute atomic E-state index is 0.0655. The highest BCUT2D eigenvalue weighted by Gasteiger charge is 2.27. The fourth-order valence-corrected chi connectivity index (χ4v) is 1.50. The molecule has 0 aromatic carbocycles. The number of halogens is 3. The molecule has 0 unspecified atom stereocenters. The van der Waals surface area contributed by atoms with E-state index in [1.165, 1.54) is 0 Å². The van der Waals surface area contributed by atoms with Crippen LogP contribution in [0, 0.1) is 0 Å². The summed E-state index contributed by atoms with van der Waals surface area (Å²) < 4.78 is 41.8. The molecule has 0 fully saturated rings. The van der Waals surface area contributed by atoms with E-state index in [9.17, 15) is 13.2 Å². The molecule has 0 amide bonds. The van der Waals surface area contributed by atoms with Gasteiger partial charge >= 0.3 is 6.18 Å². The Balaban J connectivity index is 2.19. The number of aromatic nitrogens is 1. The molecule has 18 heavy (non-hydrogen) atoms. The minimum Gasteiger partial charge on any atom is -0.370 e. The van der Waals surface area contributed by atoms with Crippen molar-refractivity contribution >= 4 is 0 Å². The molecule has 0 saturated carbocycles. The summed E-state index contributed by atoms with van der Waals surface area (Å²) in [6.45, 7) is 3.15. The Morgan fingerprint density at radius 1 is 1.39 bits per heavy atom. The predicted octanol–water partition coefficient (Wildman–Crippen LogP) is 2.57. The largest absolute Gasteiger partial charge is 0.411 e. The lowest BCUT2D eigenvalue weighted by Crippen LogP contribution is -2.18. The van der Waals surface area contributed by atoms with E-state index in [4.69, 9.17) is 0 Å². The van der Waals surface area contributed by atoms with Crippen LogP contribution in [0.4, 0.5) is 13.2 Å². The van der Waals surface area contributed by atoms with Crippen molar-refractivity contribution < 1.29 is 17.9 Å². The lowest BCUT2D eigenvalue weighted by molar-refractivity contribution is -0.174. The van der Waals surface area contributed by atoms with Crippen LogP contribution in [0.25, 0.3) is 0 Å². The van der Waals surface area contributed by atoms with Gasteiger partial charge in [-0.25, -0.2) is 0 Å². The third kappa shape index (κ3) is 6.66. The van der Waals surface area contributed by atoms with E-state index in [0.717, 1.165) is 25.1 Å². The average molecular weight is 264 g/mol. The van der Waals surface area contributed by atoms with Crippen molar-refractivity contribution in [2.45, 2.75) is 32.6 Å². The van der Waals surface area contributed by atoms with Crippen LogP contribution < -0.4 is 5.32 Å². The highest BCUT2D eigenvalue weighted by Crippen LogP contribution is 2.14. The number of hydrogen-bond donors (Lipinski definition) is 1. The number of nitrogens with one attached hydrogen (secondary N) is 1. The quantitative estimate of drug-likeness (QED) is 0.730. The zero-order valence-corrected chi connectivity index (χ0v) is 10.5. The Bertz CT molecular complexity index is 336. The fraction of sp³-hybridized carbons (Fsp3) is 0.667.